The number of carbonyl (C=O) groups excluding carboxylic acids is 2. The normalized spacial score (nSPS) is 11.7. The highest BCUT2D eigenvalue weighted by atomic mass is 16.5. The van der Waals surface area contributed by atoms with Crippen LogP contribution in [0.4, 0.5) is 0 Å². The summed E-state index contributed by atoms with van der Waals surface area (Å²) in [6.07, 6.45) is 1.33. The third-order valence-corrected chi connectivity index (χ3v) is 3.94. The summed E-state index contributed by atoms with van der Waals surface area (Å²) in [5, 5.41) is 0. The zero-order valence-electron chi connectivity index (χ0n) is 15.8. The molecule has 0 saturated carbocycles. The molecule has 1 atom stereocenters. The van der Waals surface area contributed by atoms with Crippen molar-refractivity contribution in [3.8, 4) is 11.5 Å². The van der Waals surface area contributed by atoms with Gasteiger partial charge in [0.15, 0.2) is 0 Å². The van der Waals surface area contributed by atoms with Crippen LogP contribution in [0, 0.1) is 0 Å². The summed E-state index contributed by atoms with van der Waals surface area (Å²) in [6.45, 7) is 4.36. The smallest absolute Gasteiger partial charge is 0.223 e. The number of ketones is 1. The third kappa shape index (κ3) is 7.13. The first-order chi connectivity index (χ1) is 11.9. The van der Waals surface area contributed by atoms with E-state index in [1.165, 1.54) is 6.92 Å². The van der Waals surface area contributed by atoms with E-state index in [1.54, 1.807) is 32.3 Å². The second-order valence-corrected chi connectivity index (χ2v) is 6.10. The highest BCUT2D eigenvalue weighted by Gasteiger charge is 2.21. The summed E-state index contributed by atoms with van der Waals surface area (Å²) in [5.74, 6) is 1.46. The molecule has 0 unspecified atom stereocenters. The van der Waals surface area contributed by atoms with E-state index in [4.69, 9.17) is 14.2 Å². The Kier molecular flexibility index (Phi) is 8.99. The Morgan fingerprint density at radius 1 is 1.04 bits per heavy atom. The van der Waals surface area contributed by atoms with E-state index in [0.29, 0.717) is 43.9 Å². The van der Waals surface area contributed by atoms with Gasteiger partial charge in [-0.05, 0) is 38.0 Å². The summed E-state index contributed by atoms with van der Waals surface area (Å²) in [7, 11) is 4.80. The zero-order valence-corrected chi connectivity index (χ0v) is 15.8. The first-order valence-corrected chi connectivity index (χ1v) is 8.41. The number of hydrogen-bond donors (Lipinski definition) is 0. The van der Waals surface area contributed by atoms with Crippen LogP contribution in [0.5, 0.6) is 11.5 Å². The fraction of sp³-hybridized carbons (Fsp3) is 0.579. The lowest BCUT2D eigenvalue weighted by Gasteiger charge is -2.29. The SMILES string of the molecule is COC[C@H](C)N(Cc1cc(OC)cc(OC)c1)C(=O)CCCC(C)=O. The van der Waals surface area contributed by atoms with Crippen molar-refractivity contribution in [3.63, 3.8) is 0 Å². The lowest BCUT2D eigenvalue weighted by Crippen LogP contribution is -2.40. The van der Waals surface area contributed by atoms with Gasteiger partial charge in [-0.15, -0.1) is 0 Å². The van der Waals surface area contributed by atoms with E-state index in [9.17, 15) is 9.59 Å². The second kappa shape index (κ2) is 10.7. The van der Waals surface area contributed by atoms with Gasteiger partial charge in [-0.1, -0.05) is 0 Å². The third-order valence-electron chi connectivity index (χ3n) is 3.94. The summed E-state index contributed by atoms with van der Waals surface area (Å²) in [6, 6.07) is 5.49. The molecule has 1 amide bonds. The summed E-state index contributed by atoms with van der Waals surface area (Å²) >= 11 is 0. The Labute approximate surface area is 150 Å². The summed E-state index contributed by atoms with van der Waals surface area (Å²) < 4.78 is 15.8. The molecular formula is C19H29NO5. The van der Waals surface area contributed by atoms with Crippen LogP contribution in [0.2, 0.25) is 0 Å². The van der Waals surface area contributed by atoms with Crippen molar-refractivity contribution < 1.29 is 23.8 Å². The van der Waals surface area contributed by atoms with E-state index < -0.39 is 0 Å². The average molecular weight is 351 g/mol. The van der Waals surface area contributed by atoms with Crippen molar-refractivity contribution in [2.45, 2.75) is 45.7 Å². The Morgan fingerprint density at radius 3 is 2.12 bits per heavy atom. The molecule has 0 aliphatic heterocycles. The maximum absolute atomic E-state index is 12.7. The second-order valence-electron chi connectivity index (χ2n) is 6.10. The van der Waals surface area contributed by atoms with Gasteiger partial charge in [0.1, 0.15) is 17.3 Å². The molecule has 0 bridgehead atoms. The molecule has 0 aliphatic carbocycles. The highest BCUT2D eigenvalue weighted by molar-refractivity contribution is 5.79. The first kappa shape index (κ1) is 21.0. The molecule has 6 heteroatoms. The molecule has 25 heavy (non-hydrogen) atoms. The first-order valence-electron chi connectivity index (χ1n) is 8.41. The van der Waals surface area contributed by atoms with Crippen molar-refractivity contribution in [1.29, 1.82) is 0 Å². The average Bonchev–Trinajstić information content (AvgIpc) is 2.58. The number of methoxy groups -OCH3 is 3. The largest absolute Gasteiger partial charge is 0.497 e. The number of nitrogens with zero attached hydrogens (tertiary/aromatic N) is 1. The lowest BCUT2D eigenvalue weighted by atomic mass is 10.1. The van der Waals surface area contributed by atoms with E-state index >= 15 is 0 Å². The minimum atomic E-state index is -0.0768. The molecule has 0 radical (unpaired) electrons. The Bertz CT molecular complexity index is 551. The van der Waals surface area contributed by atoms with Gasteiger partial charge in [0.05, 0.1) is 26.9 Å². The summed E-state index contributed by atoms with van der Waals surface area (Å²) in [5.41, 5.74) is 0.916. The van der Waals surface area contributed by atoms with Gasteiger partial charge in [0, 0.05) is 32.6 Å². The molecule has 0 N–H and O–H groups in total. The maximum Gasteiger partial charge on any atom is 0.223 e. The molecule has 0 aromatic heterocycles. The van der Waals surface area contributed by atoms with Gasteiger partial charge in [0.2, 0.25) is 5.91 Å². The van der Waals surface area contributed by atoms with Gasteiger partial charge in [-0.2, -0.15) is 0 Å². The van der Waals surface area contributed by atoms with Crippen molar-refractivity contribution in [2.24, 2.45) is 0 Å². The molecule has 0 heterocycles. The van der Waals surface area contributed by atoms with Crippen LogP contribution in [0.25, 0.3) is 0 Å². The predicted molar refractivity (Wildman–Crippen MR) is 96.0 cm³/mol. The van der Waals surface area contributed by atoms with E-state index in [-0.39, 0.29) is 17.7 Å². The molecule has 0 spiro atoms. The van der Waals surface area contributed by atoms with Crippen LogP contribution in [0.3, 0.4) is 0 Å². The molecule has 0 fully saturated rings. The van der Waals surface area contributed by atoms with Gasteiger partial charge in [0.25, 0.3) is 0 Å². The minimum absolute atomic E-state index is 0.00702. The Balaban J connectivity index is 2.92. The van der Waals surface area contributed by atoms with Crippen molar-refractivity contribution in [1.82, 2.24) is 4.90 Å². The van der Waals surface area contributed by atoms with Crippen LogP contribution in [-0.4, -0.2) is 50.6 Å². The van der Waals surface area contributed by atoms with Crippen LogP contribution in [0.15, 0.2) is 18.2 Å². The zero-order chi connectivity index (χ0) is 18.8. The Hall–Kier alpha value is -2.08. The van der Waals surface area contributed by atoms with Crippen molar-refractivity contribution >= 4 is 11.7 Å². The number of ether oxygens (including phenoxy) is 3. The molecule has 140 valence electrons. The fourth-order valence-corrected chi connectivity index (χ4v) is 2.61. The van der Waals surface area contributed by atoms with Crippen molar-refractivity contribution in [3.05, 3.63) is 23.8 Å². The number of rotatable bonds is 11. The molecule has 1 aromatic rings. The maximum atomic E-state index is 12.7. The standard InChI is InChI=1S/C19H29NO5/c1-14(13-23-3)20(19(22)8-6-7-15(2)21)12-16-9-17(24-4)11-18(10-16)25-5/h9-11,14H,6-8,12-13H2,1-5H3/t14-/m0/s1. The molecule has 0 aliphatic rings. The molecule has 0 saturated heterocycles. The number of benzene rings is 1. The van der Waals surface area contributed by atoms with Crippen LogP contribution in [0.1, 0.15) is 38.7 Å². The predicted octanol–water partition coefficient (Wildman–Crippen LogP) is 2.83. The number of carbonyl (C=O) groups is 2. The van der Waals surface area contributed by atoms with E-state index in [1.807, 2.05) is 19.1 Å². The quantitative estimate of drug-likeness (QED) is 0.613. The highest BCUT2D eigenvalue weighted by Crippen LogP contribution is 2.24. The minimum Gasteiger partial charge on any atom is -0.497 e. The molecule has 1 aromatic carbocycles. The monoisotopic (exact) mass is 351 g/mol. The van der Waals surface area contributed by atoms with Crippen LogP contribution < -0.4 is 9.47 Å². The molecule has 6 nitrogen and oxygen atoms in total. The van der Waals surface area contributed by atoms with Crippen molar-refractivity contribution in [2.75, 3.05) is 27.9 Å². The van der Waals surface area contributed by atoms with Gasteiger partial charge in [-0.3, -0.25) is 4.79 Å². The topological polar surface area (TPSA) is 65.1 Å². The van der Waals surface area contributed by atoms with Crippen LogP contribution in [-0.2, 0) is 20.9 Å². The number of amides is 1. The summed E-state index contributed by atoms with van der Waals surface area (Å²) in [4.78, 5) is 25.5. The lowest BCUT2D eigenvalue weighted by molar-refractivity contribution is -0.135. The molecule has 1 rings (SSSR count). The van der Waals surface area contributed by atoms with E-state index in [0.717, 1.165) is 5.56 Å². The van der Waals surface area contributed by atoms with Gasteiger partial charge >= 0.3 is 0 Å². The van der Waals surface area contributed by atoms with Gasteiger partial charge in [-0.25, -0.2) is 0 Å². The fourth-order valence-electron chi connectivity index (χ4n) is 2.61. The number of Topliss-reactive ketones (excluding diaryl/α,β-unsaturated/α-hetero) is 1. The Morgan fingerprint density at radius 2 is 1.64 bits per heavy atom. The number of hydrogen-bond acceptors (Lipinski definition) is 5. The van der Waals surface area contributed by atoms with Crippen LogP contribution >= 0.6 is 0 Å². The molecular weight excluding hydrogens is 322 g/mol. The van der Waals surface area contributed by atoms with Gasteiger partial charge < -0.3 is 23.9 Å². The van der Waals surface area contributed by atoms with E-state index in [2.05, 4.69) is 0 Å².